The van der Waals surface area contributed by atoms with E-state index < -0.39 is 9.84 Å². The summed E-state index contributed by atoms with van der Waals surface area (Å²) in [7, 11) is -1.20. The third-order valence-corrected chi connectivity index (χ3v) is 11.6. The Kier molecular flexibility index (Phi) is 8.75. The van der Waals surface area contributed by atoms with Crippen molar-refractivity contribution in [1.29, 1.82) is 0 Å². The number of amides is 1. The lowest BCUT2D eigenvalue weighted by Crippen LogP contribution is -2.26. The van der Waals surface area contributed by atoms with Crippen molar-refractivity contribution in [3.05, 3.63) is 77.4 Å². The number of benzene rings is 3. The van der Waals surface area contributed by atoms with Gasteiger partial charge in [-0.3, -0.25) is 9.69 Å². The van der Waals surface area contributed by atoms with Crippen molar-refractivity contribution in [3.8, 4) is 21.9 Å². The van der Waals surface area contributed by atoms with Crippen LogP contribution in [0, 0.1) is 5.92 Å². The molecule has 0 radical (unpaired) electrons. The average Bonchev–Trinajstić information content (AvgIpc) is 3.63. The molecular formula is C34H38N2O5S2. The number of nitrogens with zero attached hydrogens (tertiary/aromatic N) is 1. The van der Waals surface area contributed by atoms with Gasteiger partial charge in [0.05, 0.1) is 18.6 Å². The molecule has 0 spiro atoms. The van der Waals surface area contributed by atoms with Crippen molar-refractivity contribution in [1.82, 2.24) is 4.90 Å². The molecule has 4 aromatic rings. The smallest absolute Gasteiger partial charge is 0.224 e. The number of ether oxygens (including phenoxy) is 1. The SMILES string of the molecule is COc1cc(Cc2c(-c3ccc(NC(=O)CC4CCS(=O)(=O)CC4)cc3)sc3cc(O)ccc23)ccc1CN1CCCC1. The molecule has 2 fully saturated rings. The highest BCUT2D eigenvalue weighted by Gasteiger charge is 2.25. The van der Waals surface area contributed by atoms with Crippen LogP contribution in [0.25, 0.3) is 20.5 Å². The average molecular weight is 619 g/mol. The van der Waals surface area contributed by atoms with Gasteiger partial charge in [-0.1, -0.05) is 24.3 Å². The van der Waals surface area contributed by atoms with Crippen molar-refractivity contribution in [3.63, 3.8) is 0 Å². The summed E-state index contributed by atoms with van der Waals surface area (Å²) in [4.78, 5) is 16.3. The molecule has 0 bridgehead atoms. The Morgan fingerprint density at radius 1 is 1.02 bits per heavy atom. The van der Waals surface area contributed by atoms with Crippen LogP contribution in [-0.4, -0.2) is 56.0 Å². The standard InChI is InChI=1S/C34H38N2O5S2/c1-41-31-19-24(4-5-26(31)22-36-14-2-3-15-36)18-30-29-11-10-28(37)21-32(29)42-34(30)25-6-8-27(9-7-25)35-33(38)20-23-12-16-43(39,40)17-13-23/h4-11,19,21,23,37H,2-3,12-18,20,22H2,1H3,(H,35,38). The van der Waals surface area contributed by atoms with E-state index in [-0.39, 0.29) is 29.1 Å². The maximum Gasteiger partial charge on any atom is 0.224 e. The fourth-order valence-electron chi connectivity index (χ4n) is 6.28. The van der Waals surface area contributed by atoms with Crippen LogP contribution in [0.2, 0.25) is 0 Å². The van der Waals surface area contributed by atoms with Gasteiger partial charge in [0.2, 0.25) is 5.91 Å². The second kappa shape index (κ2) is 12.7. The maximum atomic E-state index is 12.7. The molecule has 9 heteroatoms. The molecule has 1 amide bonds. The van der Waals surface area contributed by atoms with E-state index in [1.807, 2.05) is 36.4 Å². The highest BCUT2D eigenvalue weighted by molar-refractivity contribution is 7.91. The number of hydrogen-bond acceptors (Lipinski definition) is 7. The Balaban J connectivity index is 1.21. The molecule has 2 saturated heterocycles. The first-order valence-electron chi connectivity index (χ1n) is 15.0. The first-order valence-corrected chi connectivity index (χ1v) is 17.6. The number of likely N-dealkylation sites (tertiary alicyclic amines) is 1. The monoisotopic (exact) mass is 618 g/mol. The van der Waals surface area contributed by atoms with Crippen LogP contribution < -0.4 is 10.1 Å². The Bertz CT molecular complexity index is 1710. The minimum absolute atomic E-state index is 0.0859. The van der Waals surface area contributed by atoms with Crippen molar-refractivity contribution in [2.45, 2.75) is 45.1 Å². The minimum atomic E-state index is -2.94. The summed E-state index contributed by atoms with van der Waals surface area (Å²) in [6.07, 6.45) is 4.66. The van der Waals surface area contributed by atoms with E-state index in [9.17, 15) is 18.3 Å². The van der Waals surface area contributed by atoms with Gasteiger partial charge >= 0.3 is 0 Å². The van der Waals surface area contributed by atoms with Gasteiger partial charge in [0, 0.05) is 33.8 Å². The molecule has 226 valence electrons. The number of carbonyl (C=O) groups is 1. The van der Waals surface area contributed by atoms with Gasteiger partial charge in [-0.05, 0) is 110 Å². The molecule has 3 heterocycles. The van der Waals surface area contributed by atoms with Crippen LogP contribution >= 0.6 is 11.3 Å². The molecule has 6 rings (SSSR count). The molecule has 0 atom stereocenters. The number of carbonyl (C=O) groups excluding carboxylic acids is 1. The summed E-state index contributed by atoms with van der Waals surface area (Å²) >= 11 is 1.65. The van der Waals surface area contributed by atoms with Crippen LogP contribution in [-0.2, 0) is 27.6 Å². The van der Waals surface area contributed by atoms with Crippen molar-refractivity contribution in [2.24, 2.45) is 5.92 Å². The van der Waals surface area contributed by atoms with Crippen LogP contribution in [0.3, 0.4) is 0 Å². The molecule has 2 aliphatic rings. The first kappa shape index (κ1) is 29.7. The molecule has 0 unspecified atom stereocenters. The zero-order chi connectivity index (χ0) is 30.0. The zero-order valence-corrected chi connectivity index (χ0v) is 26.1. The summed E-state index contributed by atoms with van der Waals surface area (Å²) < 4.78 is 30.2. The van der Waals surface area contributed by atoms with Gasteiger partial charge in [-0.25, -0.2) is 8.42 Å². The van der Waals surface area contributed by atoms with Crippen LogP contribution in [0.15, 0.2) is 60.7 Å². The predicted octanol–water partition coefficient (Wildman–Crippen LogP) is 6.62. The topological polar surface area (TPSA) is 95.9 Å². The second-order valence-corrected chi connectivity index (χ2v) is 15.2. The lowest BCUT2D eigenvalue weighted by Gasteiger charge is -2.21. The zero-order valence-electron chi connectivity index (χ0n) is 24.5. The van der Waals surface area contributed by atoms with Crippen LogP contribution in [0.5, 0.6) is 11.5 Å². The summed E-state index contributed by atoms with van der Waals surface area (Å²) in [5.41, 5.74) is 5.33. The Hall–Kier alpha value is -3.40. The summed E-state index contributed by atoms with van der Waals surface area (Å²) in [6, 6.07) is 20.0. The molecule has 3 aromatic carbocycles. The molecule has 2 aliphatic heterocycles. The third kappa shape index (κ3) is 7.06. The van der Waals surface area contributed by atoms with Crippen LogP contribution in [0.1, 0.15) is 48.8 Å². The number of thiophene rings is 1. The molecule has 7 nitrogen and oxygen atoms in total. The van der Waals surface area contributed by atoms with E-state index >= 15 is 0 Å². The number of phenolic OH excluding ortho intramolecular Hbond substituents is 1. The molecule has 1 aromatic heterocycles. The number of phenols is 1. The lowest BCUT2D eigenvalue weighted by molar-refractivity contribution is -0.117. The number of methoxy groups -OCH3 is 1. The molecule has 0 saturated carbocycles. The minimum Gasteiger partial charge on any atom is -0.508 e. The van der Waals surface area contributed by atoms with E-state index in [0.29, 0.717) is 19.3 Å². The Labute approximate surface area is 257 Å². The highest BCUT2D eigenvalue weighted by atomic mass is 32.2. The fraction of sp³-hybridized carbons (Fsp3) is 0.382. The Morgan fingerprint density at radius 2 is 1.77 bits per heavy atom. The molecule has 43 heavy (non-hydrogen) atoms. The Morgan fingerprint density at radius 3 is 2.49 bits per heavy atom. The largest absolute Gasteiger partial charge is 0.508 e. The van der Waals surface area contributed by atoms with E-state index in [1.165, 1.54) is 24.0 Å². The number of nitrogens with one attached hydrogen (secondary N) is 1. The van der Waals surface area contributed by atoms with Gasteiger partial charge < -0.3 is 15.2 Å². The van der Waals surface area contributed by atoms with E-state index in [2.05, 4.69) is 28.4 Å². The summed E-state index contributed by atoms with van der Waals surface area (Å²) in [6.45, 7) is 3.18. The van der Waals surface area contributed by atoms with Gasteiger partial charge in [0.25, 0.3) is 0 Å². The number of aromatic hydroxyl groups is 1. The van der Waals surface area contributed by atoms with Crippen LogP contribution in [0.4, 0.5) is 5.69 Å². The number of anilines is 1. The maximum absolute atomic E-state index is 12.7. The number of fused-ring (bicyclic) bond motifs is 1. The number of rotatable bonds is 9. The highest BCUT2D eigenvalue weighted by Crippen LogP contribution is 2.42. The number of hydrogen-bond donors (Lipinski definition) is 2. The van der Waals surface area contributed by atoms with Crippen molar-refractivity contribution >= 4 is 42.9 Å². The molecule has 2 N–H and O–H groups in total. The fourth-order valence-corrected chi connectivity index (χ4v) is 9.13. The molecular weight excluding hydrogens is 581 g/mol. The predicted molar refractivity (Wildman–Crippen MR) is 174 cm³/mol. The van der Waals surface area contributed by atoms with E-state index in [1.54, 1.807) is 24.5 Å². The normalized spacial score (nSPS) is 17.3. The van der Waals surface area contributed by atoms with Crippen molar-refractivity contribution < 1.29 is 23.1 Å². The van der Waals surface area contributed by atoms with E-state index in [0.717, 1.165) is 63.6 Å². The first-order chi connectivity index (χ1) is 20.8. The summed E-state index contributed by atoms with van der Waals surface area (Å²) in [5.74, 6) is 1.52. The molecule has 0 aliphatic carbocycles. The summed E-state index contributed by atoms with van der Waals surface area (Å²) in [5, 5.41) is 14.3. The van der Waals surface area contributed by atoms with Gasteiger partial charge in [-0.2, -0.15) is 0 Å². The quantitative estimate of drug-likeness (QED) is 0.219. The number of sulfone groups is 1. The van der Waals surface area contributed by atoms with Gasteiger partial charge in [0.1, 0.15) is 21.3 Å². The third-order valence-electron chi connectivity index (χ3n) is 8.68. The van der Waals surface area contributed by atoms with Gasteiger partial charge in [0.15, 0.2) is 0 Å². The second-order valence-electron chi connectivity index (χ2n) is 11.8. The lowest BCUT2D eigenvalue weighted by atomic mass is 9.97. The van der Waals surface area contributed by atoms with E-state index in [4.69, 9.17) is 4.74 Å². The van der Waals surface area contributed by atoms with Crippen molar-refractivity contribution in [2.75, 3.05) is 37.0 Å². The van der Waals surface area contributed by atoms with Gasteiger partial charge in [-0.15, -0.1) is 11.3 Å².